The van der Waals surface area contributed by atoms with E-state index < -0.39 is 0 Å². The Kier molecular flexibility index (Phi) is 5.26. The predicted octanol–water partition coefficient (Wildman–Crippen LogP) is 3.72. The second kappa shape index (κ2) is 8.34. The first-order chi connectivity index (χ1) is 14.8. The minimum absolute atomic E-state index is 0.671. The van der Waals surface area contributed by atoms with Gasteiger partial charge >= 0.3 is 0 Å². The number of nitrogens with one attached hydrogen (secondary N) is 1. The van der Waals surface area contributed by atoms with E-state index in [4.69, 9.17) is 9.47 Å². The summed E-state index contributed by atoms with van der Waals surface area (Å²) in [6.45, 7) is 5.41. The van der Waals surface area contributed by atoms with Crippen LogP contribution in [0.5, 0.6) is 5.75 Å². The van der Waals surface area contributed by atoms with Crippen molar-refractivity contribution in [1.29, 1.82) is 0 Å². The summed E-state index contributed by atoms with van der Waals surface area (Å²) in [5, 5.41) is 14.4. The smallest absolute Gasteiger partial charge is 0.223 e. The average molecular weight is 403 g/mol. The second-order valence-corrected chi connectivity index (χ2v) is 7.70. The zero-order valence-electron chi connectivity index (χ0n) is 16.8. The van der Waals surface area contributed by atoms with E-state index in [1.54, 1.807) is 6.20 Å². The molecule has 0 spiro atoms. The maximum atomic E-state index is 12.4. The van der Waals surface area contributed by atoms with E-state index in [0.29, 0.717) is 12.1 Å². The lowest BCUT2D eigenvalue weighted by atomic mass is 10.1. The number of benzene rings is 2. The van der Waals surface area contributed by atoms with Crippen molar-refractivity contribution in [2.24, 2.45) is 0 Å². The molecule has 3 heterocycles. The van der Waals surface area contributed by atoms with Crippen molar-refractivity contribution >= 4 is 21.8 Å². The van der Waals surface area contributed by atoms with Gasteiger partial charge in [-0.05, 0) is 42.8 Å². The zero-order valence-corrected chi connectivity index (χ0v) is 16.8. The lowest BCUT2D eigenvalue weighted by Crippen LogP contribution is -2.37. The van der Waals surface area contributed by atoms with Crippen LogP contribution >= 0.6 is 0 Å². The molecule has 1 saturated heterocycles. The number of hydrogen-bond acceptors (Lipinski definition) is 4. The van der Waals surface area contributed by atoms with E-state index in [2.05, 4.69) is 22.0 Å². The van der Waals surface area contributed by atoms with Crippen molar-refractivity contribution in [3.05, 3.63) is 66.0 Å². The van der Waals surface area contributed by atoms with E-state index >= 15 is 0 Å². The average Bonchev–Trinajstić information content (AvgIpc) is 3.21. The predicted molar refractivity (Wildman–Crippen MR) is 118 cm³/mol. The van der Waals surface area contributed by atoms with Gasteiger partial charge in [0.2, 0.25) is 5.52 Å². The molecule has 1 aliphatic rings. The van der Waals surface area contributed by atoms with E-state index in [1.807, 2.05) is 42.5 Å². The lowest BCUT2D eigenvalue weighted by Gasteiger charge is -2.26. The van der Waals surface area contributed by atoms with Crippen molar-refractivity contribution in [2.45, 2.75) is 6.42 Å². The number of para-hydroxylation sites is 1. The summed E-state index contributed by atoms with van der Waals surface area (Å²) in [6, 6.07) is 17.8. The Labute approximate surface area is 175 Å². The molecule has 0 atom stereocenters. The molecular weight excluding hydrogens is 378 g/mol. The van der Waals surface area contributed by atoms with Crippen LogP contribution in [0.1, 0.15) is 6.42 Å². The fraction of sp³-hybridized carbons (Fsp3) is 0.292. The van der Waals surface area contributed by atoms with Crippen LogP contribution in [0.15, 0.2) is 60.8 Å². The van der Waals surface area contributed by atoms with Crippen molar-refractivity contribution in [1.82, 2.24) is 9.88 Å². The van der Waals surface area contributed by atoms with Gasteiger partial charge in [0.25, 0.3) is 0 Å². The topological polar surface area (TPSA) is 64.4 Å². The summed E-state index contributed by atoms with van der Waals surface area (Å²) in [6.07, 6.45) is 2.62. The third kappa shape index (κ3) is 3.97. The Hall–Kier alpha value is -3.09. The minimum Gasteiger partial charge on any atom is -0.618 e. The normalized spacial score (nSPS) is 15.1. The van der Waals surface area contributed by atoms with Gasteiger partial charge in [-0.2, -0.15) is 4.73 Å². The molecule has 6 nitrogen and oxygen atoms in total. The number of rotatable bonds is 6. The maximum Gasteiger partial charge on any atom is 0.223 e. The number of ether oxygens (including phenoxy) is 2. The van der Waals surface area contributed by atoms with E-state index in [0.717, 1.165) is 77.3 Å². The van der Waals surface area contributed by atoms with Gasteiger partial charge in [-0.1, -0.05) is 12.1 Å². The Morgan fingerprint density at radius 2 is 1.90 bits per heavy atom. The molecule has 1 N–H and O–H groups in total. The highest BCUT2D eigenvalue weighted by molar-refractivity contribution is 5.88. The van der Waals surface area contributed by atoms with Crippen LogP contribution < -0.4 is 9.47 Å². The van der Waals surface area contributed by atoms with Gasteiger partial charge < -0.3 is 19.7 Å². The standard InChI is InChI=1S/C24H25N3O3/c28-27-17-20(14-18-4-1-2-5-24(18)27)23-16-19-15-21(6-7-22(19)25-23)30-11-3-8-26-9-12-29-13-10-26/h1-2,4-7,14-17,25H,3,8-13H2. The molecule has 0 unspecified atom stereocenters. The van der Waals surface area contributed by atoms with Crippen LogP contribution in [-0.4, -0.2) is 49.3 Å². The first kappa shape index (κ1) is 18.9. The van der Waals surface area contributed by atoms with Crippen LogP contribution in [0.25, 0.3) is 33.1 Å². The summed E-state index contributed by atoms with van der Waals surface area (Å²) in [7, 11) is 0. The Morgan fingerprint density at radius 3 is 2.80 bits per heavy atom. The van der Waals surface area contributed by atoms with E-state index in [-0.39, 0.29) is 0 Å². The van der Waals surface area contributed by atoms with Crippen molar-refractivity contribution < 1.29 is 14.2 Å². The molecule has 30 heavy (non-hydrogen) atoms. The number of fused-ring (bicyclic) bond motifs is 2. The second-order valence-electron chi connectivity index (χ2n) is 7.70. The number of nitrogens with zero attached hydrogens (tertiary/aromatic N) is 2. The Balaban J connectivity index is 1.29. The highest BCUT2D eigenvalue weighted by atomic mass is 16.5. The largest absolute Gasteiger partial charge is 0.618 e. The number of pyridine rings is 1. The molecule has 2 aromatic heterocycles. The zero-order chi connectivity index (χ0) is 20.3. The molecule has 0 amide bonds. The summed E-state index contributed by atoms with van der Waals surface area (Å²) in [4.78, 5) is 5.83. The molecule has 1 aliphatic heterocycles. The van der Waals surface area contributed by atoms with Crippen molar-refractivity contribution in [3.63, 3.8) is 0 Å². The summed E-state index contributed by atoms with van der Waals surface area (Å²) in [5.41, 5.74) is 3.49. The number of hydrogen-bond donors (Lipinski definition) is 1. The number of aromatic nitrogens is 2. The van der Waals surface area contributed by atoms with Gasteiger partial charge in [-0.3, -0.25) is 4.90 Å². The molecule has 6 heteroatoms. The summed E-state index contributed by atoms with van der Waals surface area (Å²) < 4.78 is 12.3. The van der Waals surface area contributed by atoms with Gasteiger partial charge in [0.05, 0.1) is 31.1 Å². The molecular formula is C24H25N3O3. The van der Waals surface area contributed by atoms with Crippen molar-refractivity contribution in [3.8, 4) is 17.0 Å². The minimum atomic E-state index is 0.671. The molecule has 0 radical (unpaired) electrons. The third-order valence-electron chi connectivity index (χ3n) is 5.64. The molecule has 0 aliphatic carbocycles. The third-order valence-corrected chi connectivity index (χ3v) is 5.64. The Bertz CT molecular complexity index is 1170. The number of morpholine rings is 1. The molecule has 0 saturated carbocycles. The summed E-state index contributed by atoms with van der Waals surface area (Å²) >= 11 is 0. The van der Waals surface area contributed by atoms with Crippen LogP contribution in [-0.2, 0) is 4.74 Å². The monoisotopic (exact) mass is 403 g/mol. The van der Waals surface area contributed by atoms with Gasteiger partial charge in [0.15, 0.2) is 6.20 Å². The maximum absolute atomic E-state index is 12.4. The molecule has 0 bridgehead atoms. The van der Waals surface area contributed by atoms with Crippen LogP contribution in [0.4, 0.5) is 0 Å². The van der Waals surface area contributed by atoms with E-state index in [9.17, 15) is 5.21 Å². The van der Waals surface area contributed by atoms with Gasteiger partial charge in [0, 0.05) is 42.0 Å². The van der Waals surface area contributed by atoms with Gasteiger partial charge in [-0.15, -0.1) is 0 Å². The lowest BCUT2D eigenvalue weighted by molar-refractivity contribution is -0.576. The molecule has 2 aromatic carbocycles. The molecule has 5 rings (SSSR count). The quantitative estimate of drug-likeness (QED) is 0.303. The highest BCUT2D eigenvalue weighted by Crippen LogP contribution is 2.28. The van der Waals surface area contributed by atoms with Gasteiger partial charge in [0.1, 0.15) is 5.75 Å². The number of H-pyrrole nitrogens is 1. The first-order valence-corrected chi connectivity index (χ1v) is 10.4. The molecule has 154 valence electrons. The van der Waals surface area contributed by atoms with Crippen LogP contribution in [0.3, 0.4) is 0 Å². The van der Waals surface area contributed by atoms with Crippen molar-refractivity contribution in [2.75, 3.05) is 39.5 Å². The van der Waals surface area contributed by atoms with E-state index in [1.165, 1.54) is 0 Å². The SMILES string of the molecule is [O-][n+]1cc(-c2cc3cc(OCCCN4CCOCC4)ccc3[nH]2)cc2ccccc21. The number of aromatic amines is 1. The van der Waals surface area contributed by atoms with Gasteiger partial charge in [-0.25, -0.2) is 0 Å². The fourth-order valence-corrected chi connectivity index (χ4v) is 4.02. The molecule has 4 aromatic rings. The summed E-state index contributed by atoms with van der Waals surface area (Å²) in [5.74, 6) is 0.868. The fourth-order valence-electron chi connectivity index (χ4n) is 4.02. The first-order valence-electron chi connectivity index (χ1n) is 10.4. The molecule has 1 fully saturated rings. The highest BCUT2D eigenvalue weighted by Gasteiger charge is 2.12. The van der Waals surface area contributed by atoms with Crippen LogP contribution in [0, 0.1) is 5.21 Å². The van der Waals surface area contributed by atoms with Crippen LogP contribution in [0.2, 0.25) is 0 Å². The Morgan fingerprint density at radius 1 is 1.03 bits per heavy atom.